The summed E-state index contributed by atoms with van der Waals surface area (Å²) in [6, 6.07) is 3.89. The van der Waals surface area contributed by atoms with Gasteiger partial charge >= 0.3 is 5.97 Å². The highest BCUT2D eigenvalue weighted by atomic mass is 16.5. The fraction of sp³-hybridized carbons (Fsp3) is 0.524. The Hall–Kier alpha value is -2.30. The van der Waals surface area contributed by atoms with Crippen LogP contribution in [-0.4, -0.2) is 24.3 Å². The first-order valence-electron chi connectivity index (χ1n) is 9.52. The van der Waals surface area contributed by atoms with E-state index in [2.05, 4.69) is 6.07 Å². The molecule has 0 saturated heterocycles. The third-order valence-electron chi connectivity index (χ3n) is 5.31. The summed E-state index contributed by atoms with van der Waals surface area (Å²) in [5, 5.41) is 0.508. The lowest BCUT2D eigenvalue weighted by molar-refractivity contribution is 0.0524. The van der Waals surface area contributed by atoms with Crippen molar-refractivity contribution in [1.82, 2.24) is 4.57 Å². The summed E-state index contributed by atoms with van der Waals surface area (Å²) in [5.41, 5.74) is 1.81. The molecule has 140 valence electrons. The topological polar surface area (TPSA) is 57.5 Å². The molecule has 0 radical (unpaired) electrons. The van der Waals surface area contributed by atoms with Crippen LogP contribution in [0.3, 0.4) is 0 Å². The molecule has 5 nitrogen and oxygen atoms in total. The number of rotatable bonds is 5. The molecule has 1 aromatic heterocycles. The molecule has 1 aliphatic rings. The van der Waals surface area contributed by atoms with Crippen LogP contribution in [0.1, 0.15) is 67.8 Å². The van der Waals surface area contributed by atoms with E-state index in [9.17, 15) is 9.59 Å². The number of nitrogens with zero attached hydrogens (tertiary/aromatic N) is 1. The zero-order chi connectivity index (χ0) is 18.7. The fourth-order valence-electron chi connectivity index (χ4n) is 3.96. The molecule has 0 atom stereocenters. The fourth-order valence-corrected chi connectivity index (χ4v) is 3.96. The monoisotopic (exact) mass is 357 g/mol. The Balaban J connectivity index is 2.21. The summed E-state index contributed by atoms with van der Waals surface area (Å²) in [6.07, 6.45) is 7.68. The van der Waals surface area contributed by atoms with Crippen LogP contribution < -0.4 is 10.2 Å². The highest BCUT2D eigenvalue weighted by Gasteiger charge is 2.23. The Morgan fingerprint density at radius 1 is 1.19 bits per heavy atom. The van der Waals surface area contributed by atoms with Gasteiger partial charge in [-0.15, -0.1) is 0 Å². The molecule has 26 heavy (non-hydrogen) atoms. The largest absolute Gasteiger partial charge is 0.496 e. The van der Waals surface area contributed by atoms with Crippen LogP contribution in [0.4, 0.5) is 0 Å². The normalized spacial score (nSPS) is 15.2. The number of carbonyl (C=O) groups is 1. The van der Waals surface area contributed by atoms with Crippen molar-refractivity contribution in [1.29, 1.82) is 0 Å². The Morgan fingerprint density at radius 3 is 2.54 bits per heavy atom. The molecule has 5 heteroatoms. The number of aromatic nitrogens is 1. The van der Waals surface area contributed by atoms with Gasteiger partial charge in [0.2, 0.25) is 5.43 Å². The molecule has 3 rings (SSSR count). The average Bonchev–Trinajstić information content (AvgIpc) is 2.68. The lowest BCUT2D eigenvalue weighted by Gasteiger charge is -2.25. The number of benzene rings is 1. The molecule has 0 N–H and O–H groups in total. The minimum absolute atomic E-state index is 0.0775. The first kappa shape index (κ1) is 18.5. The standard InChI is InChI=1S/C21H27NO4/c1-4-22-13-17(21(24)26-5-2)20(23)16-12-19(25-3)15(11-18(16)22)14-9-7-6-8-10-14/h11-14H,4-10H2,1-3H3. The van der Waals surface area contributed by atoms with Gasteiger partial charge in [0.15, 0.2) is 0 Å². The second-order valence-corrected chi connectivity index (χ2v) is 6.82. The van der Waals surface area contributed by atoms with Crippen molar-refractivity contribution >= 4 is 16.9 Å². The van der Waals surface area contributed by atoms with Gasteiger partial charge in [-0.2, -0.15) is 0 Å². The quantitative estimate of drug-likeness (QED) is 0.751. The Labute approximate surface area is 153 Å². The Morgan fingerprint density at radius 2 is 1.92 bits per heavy atom. The molecule has 1 aliphatic carbocycles. The molecule has 2 aromatic rings. The van der Waals surface area contributed by atoms with Gasteiger partial charge in [0, 0.05) is 12.7 Å². The molecular formula is C21H27NO4. The van der Waals surface area contributed by atoms with Crippen LogP contribution in [-0.2, 0) is 11.3 Å². The van der Waals surface area contributed by atoms with E-state index < -0.39 is 5.97 Å². The van der Waals surface area contributed by atoms with Gasteiger partial charge in [0.1, 0.15) is 11.3 Å². The Bertz CT molecular complexity index is 862. The maximum absolute atomic E-state index is 12.9. The van der Waals surface area contributed by atoms with Gasteiger partial charge in [0.05, 0.1) is 24.6 Å². The average molecular weight is 357 g/mol. The first-order chi connectivity index (χ1) is 12.6. The van der Waals surface area contributed by atoms with Crippen molar-refractivity contribution in [2.24, 2.45) is 0 Å². The molecular weight excluding hydrogens is 330 g/mol. The van der Waals surface area contributed by atoms with Crippen LogP contribution >= 0.6 is 0 Å². The van der Waals surface area contributed by atoms with Crippen LogP contribution in [0.25, 0.3) is 10.9 Å². The first-order valence-corrected chi connectivity index (χ1v) is 9.52. The van der Waals surface area contributed by atoms with E-state index >= 15 is 0 Å². The maximum Gasteiger partial charge on any atom is 0.343 e. The second-order valence-electron chi connectivity index (χ2n) is 6.82. The summed E-state index contributed by atoms with van der Waals surface area (Å²) < 4.78 is 12.6. The summed E-state index contributed by atoms with van der Waals surface area (Å²) >= 11 is 0. The van der Waals surface area contributed by atoms with Crippen LogP contribution in [0, 0.1) is 0 Å². The molecule has 1 fully saturated rings. The Kier molecular flexibility index (Phi) is 5.64. The SMILES string of the molecule is CCOC(=O)c1cn(CC)c2cc(C3CCCCC3)c(OC)cc2c1=O. The molecule has 1 saturated carbocycles. The molecule has 0 amide bonds. The molecule has 1 aromatic carbocycles. The van der Waals surface area contributed by atoms with Crippen molar-refractivity contribution < 1.29 is 14.3 Å². The van der Waals surface area contributed by atoms with Crippen molar-refractivity contribution in [3.05, 3.63) is 39.7 Å². The zero-order valence-corrected chi connectivity index (χ0v) is 15.8. The second kappa shape index (κ2) is 7.94. The van der Waals surface area contributed by atoms with Crippen LogP contribution in [0.2, 0.25) is 0 Å². The summed E-state index contributed by atoms with van der Waals surface area (Å²) in [4.78, 5) is 25.1. The number of esters is 1. The lowest BCUT2D eigenvalue weighted by Crippen LogP contribution is -2.21. The molecule has 0 aliphatic heterocycles. The van der Waals surface area contributed by atoms with E-state index in [1.807, 2.05) is 11.5 Å². The van der Waals surface area contributed by atoms with Crippen molar-refractivity contribution in [3.63, 3.8) is 0 Å². The summed E-state index contributed by atoms with van der Waals surface area (Å²) in [7, 11) is 1.64. The van der Waals surface area contributed by atoms with Gasteiger partial charge in [-0.25, -0.2) is 4.79 Å². The van der Waals surface area contributed by atoms with Gasteiger partial charge in [-0.05, 0) is 50.3 Å². The van der Waals surface area contributed by atoms with E-state index in [4.69, 9.17) is 9.47 Å². The maximum atomic E-state index is 12.9. The number of carbonyl (C=O) groups excluding carboxylic acids is 1. The van der Waals surface area contributed by atoms with Gasteiger partial charge in [-0.1, -0.05) is 19.3 Å². The zero-order valence-electron chi connectivity index (χ0n) is 15.8. The lowest BCUT2D eigenvalue weighted by atomic mass is 9.83. The van der Waals surface area contributed by atoms with E-state index in [0.29, 0.717) is 17.8 Å². The number of hydrogen-bond donors (Lipinski definition) is 0. The van der Waals surface area contributed by atoms with E-state index in [0.717, 1.165) is 24.1 Å². The smallest absolute Gasteiger partial charge is 0.343 e. The van der Waals surface area contributed by atoms with Crippen LogP contribution in [0.5, 0.6) is 5.75 Å². The van der Waals surface area contributed by atoms with E-state index in [1.54, 1.807) is 26.3 Å². The van der Waals surface area contributed by atoms with Gasteiger partial charge in [-0.3, -0.25) is 4.79 Å². The van der Waals surface area contributed by atoms with E-state index in [1.165, 1.54) is 24.8 Å². The number of ether oxygens (including phenoxy) is 2. The van der Waals surface area contributed by atoms with Gasteiger partial charge < -0.3 is 14.0 Å². The molecule has 0 unspecified atom stereocenters. The minimum atomic E-state index is -0.572. The predicted molar refractivity (Wildman–Crippen MR) is 102 cm³/mol. The third-order valence-corrected chi connectivity index (χ3v) is 5.31. The summed E-state index contributed by atoms with van der Waals surface area (Å²) in [5.74, 6) is 0.635. The van der Waals surface area contributed by atoms with Gasteiger partial charge in [0.25, 0.3) is 0 Å². The summed E-state index contributed by atoms with van der Waals surface area (Å²) in [6.45, 7) is 4.64. The molecule has 1 heterocycles. The number of methoxy groups -OCH3 is 1. The predicted octanol–water partition coefficient (Wildman–Crippen LogP) is 4.25. The van der Waals surface area contributed by atoms with Crippen molar-refractivity contribution in [2.75, 3.05) is 13.7 Å². The third kappa shape index (κ3) is 3.35. The molecule has 0 bridgehead atoms. The number of fused-ring (bicyclic) bond motifs is 1. The van der Waals surface area contributed by atoms with E-state index in [-0.39, 0.29) is 17.6 Å². The minimum Gasteiger partial charge on any atom is -0.496 e. The number of aryl methyl sites for hydroxylation is 1. The number of pyridine rings is 1. The number of hydrogen-bond acceptors (Lipinski definition) is 4. The van der Waals surface area contributed by atoms with Crippen molar-refractivity contribution in [2.45, 2.75) is 58.4 Å². The highest BCUT2D eigenvalue weighted by molar-refractivity contribution is 5.94. The highest BCUT2D eigenvalue weighted by Crippen LogP contribution is 2.39. The van der Waals surface area contributed by atoms with Crippen molar-refractivity contribution in [3.8, 4) is 5.75 Å². The molecule has 0 spiro atoms. The van der Waals surface area contributed by atoms with Crippen LogP contribution in [0.15, 0.2) is 23.1 Å².